The van der Waals surface area contributed by atoms with Crippen molar-refractivity contribution in [3.63, 3.8) is 0 Å². The van der Waals surface area contributed by atoms with Gasteiger partial charge in [-0.2, -0.15) is 0 Å². The predicted molar refractivity (Wildman–Crippen MR) is 72.5 cm³/mol. The third-order valence-electron chi connectivity index (χ3n) is 1.72. The molecule has 0 saturated heterocycles. The molecular weight excluding hydrogens is 353 g/mol. The highest BCUT2D eigenvalue weighted by Crippen LogP contribution is 2.11. The summed E-state index contributed by atoms with van der Waals surface area (Å²) >= 11 is 2.06. The molecule has 0 heterocycles. The summed E-state index contributed by atoms with van der Waals surface area (Å²) in [6, 6.07) is 6.14. The van der Waals surface area contributed by atoms with Gasteiger partial charge in [-0.25, -0.2) is 13.1 Å². The van der Waals surface area contributed by atoms with E-state index in [0.29, 0.717) is 0 Å². The highest BCUT2D eigenvalue weighted by atomic mass is 127. The third kappa shape index (κ3) is 4.31. The van der Waals surface area contributed by atoms with Crippen LogP contribution in [-0.4, -0.2) is 14.3 Å². The zero-order valence-corrected chi connectivity index (χ0v) is 11.6. The number of hydrogen-bond acceptors (Lipinski definition) is 3. The first kappa shape index (κ1) is 13.9. The number of carbonyl (C=O) groups is 1. The van der Waals surface area contributed by atoms with E-state index in [9.17, 15) is 13.2 Å². The van der Waals surface area contributed by atoms with Crippen LogP contribution in [0.4, 0.5) is 0 Å². The summed E-state index contributed by atoms with van der Waals surface area (Å²) in [6.07, 6.45) is 3.42. The van der Waals surface area contributed by atoms with Crippen molar-refractivity contribution in [3.8, 4) is 0 Å². The Kier molecular flexibility index (Phi) is 4.88. The van der Waals surface area contributed by atoms with E-state index in [4.69, 9.17) is 6.58 Å². The highest BCUT2D eigenvalue weighted by Gasteiger charge is 2.15. The van der Waals surface area contributed by atoms with Gasteiger partial charge < -0.3 is 0 Å². The standard InChI is InChI=1S/C11H9INO3S/c1-2-3-4-11(14)13-17(15,16)10-7-5-9(12)6-8-10/h1-8H,(H,13,14). The molecule has 17 heavy (non-hydrogen) atoms. The molecule has 1 radical (unpaired) electrons. The van der Waals surface area contributed by atoms with Crippen LogP contribution in [0, 0.1) is 10.1 Å². The van der Waals surface area contributed by atoms with Crippen LogP contribution in [0.5, 0.6) is 0 Å². The average Bonchev–Trinajstić information content (AvgIpc) is 2.26. The quantitative estimate of drug-likeness (QED) is 0.503. The Morgan fingerprint density at radius 2 is 1.88 bits per heavy atom. The predicted octanol–water partition coefficient (Wildman–Crippen LogP) is 1.64. The first-order valence-electron chi connectivity index (χ1n) is 4.49. The van der Waals surface area contributed by atoms with Crippen molar-refractivity contribution in [1.29, 1.82) is 0 Å². The van der Waals surface area contributed by atoms with Gasteiger partial charge in [0.05, 0.1) is 4.90 Å². The lowest BCUT2D eigenvalue weighted by molar-refractivity contribution is -0.114. The van der Waals surface area contributed by atoms with Crippen LogP contribution in [0.25, 0.3) is 0 Å². The van der Waals surface area contributed by atoms with Crippen molar-refractivity contribution in [2.24, 2.45) is 0 Å². The number of nitrogens with one attached hydrogen (secondary N) is 1. The number of amides is 1. The molecule has 0 saturated carbocycles. The second-order valence-electron chi connectivity index (χ2n) is 2.98. The van der Waals surface area contributed by atoms with Gasteiger partial charge in [-0.1, -0.05) is 18.7 Å². The van der Waals surface area contributed by atoms with E-state index in [0.717, 1.165) is 15.7 Å². The molecule has 1 aromatic rings. The first-order chi connectivity index (χ1) is 7.95. The molecule has 6 heteroatoms. The lowest BCUT2D eigenvalue weighted by Gasteiger charge is -2.04. The average molecular weight is 362 g/mol. The molecule has 4 nitrogen and oxygen atoms in total. The van der Waals surface area contributed by atoms with Gasteiger partial charge in [-0.15, -0.1) is 0 Å². The molecule has 1 N–H and O–H groups in total. The molecule has 0 spiro atoms. The molecule has 0 fully saturated rings. The van der Waals surface area contributed by atoms with Crippen LogP contribution in [0.2, 0.25) is 0 Å². The zero-order valence-electron chi connectivity index (χ0n) is 8.63. The Bertz CT molecular complexity index is 547. The molecule has 1 amide bonds. The molecule has 0 unspecified atom stereocenters. The Hall–Kier alpha value is -1.15. The van der Waals surface area contributed by atoms with E-state index < -0.39 is 15.9 Å². The number of benzene rings is 1. The first-order valence-corrected chi connectivity index (χ1v) is 7.06. The van der Waals surface area contributed by atoms with E-state index in [-0.39, 0.29) is 4.90 Å². The maximum absolute atomic E-state index is 11.7. The Balaban J connectivity index is 2.89. The molecule has 1 aromatic carbocycles. The summed E-state index contributed by atoms with van der Waals surface area (Å²) in [4.78, 5) is 11.2. The molecular formula is C11H9INO3S. The summed E-state index contributed by atoms with van der Waals surface area (Å²) in [7, 11) is -3.82. The van der Waals surface area contributed by atoms with Gasteiger partial charge >= 0.3 is 0 Å². The molecule has 0 aliphatic heterocycles. The van der Waals surface area contributed by atoms with Gasteiger partial charge in [0.2, 0.25) is 0 Å². The number of rotatable bonds is 4. The smallest absolute Gasteiger partial charge is 0.264 e. The van der Waals surface area contributed by atoms with Gasteiger partial charge in [0, 0.05) is 9.65 Å². The van der Waals surface area contributed by atoms with E-state index in [2.05, 4.69) is 22.6 Å². The minimum absolute atomic E-state index is 0.0383. The van der Waals surface area contributed by atoms with Crippen molar-refractivity contribution in [2.45, 2.75) is 4.90 Å². The fourth-order valence-electron chi connectivity index (χ4n) is 0.982. The van der Waals surface area contributed by atoms with Gasteiger partial charge in [0.15, 0.2) is 0 Å². The summed E-state index contributed by atoms with van der Waals surface area (Å²) in [6.45, 7) is 5.03. The van der Waals surface area contributed by atoms with Gasteiger partial charge in [0.1, 0.15) is 0 Å². The van der Waals surface area contributed by atoms with Gasteiger partial charge in [0.25, 0.3) is 15.9 Å². The van der Waals surface area contributed by atoms with Crippen molar-refractivity contribution in [1.82, 2.24) is 4.72 Å². The lowest BCUT2D eigenvalue weighted by atomic mass is 10.4. The molecule has 1 rings (SSSR count). The Morgan fingerprint density at radius 3 is 2.41 bits per heavy atom. The zero-order chi connectivity index (χ0) is 12.9. The maximum Gasteiger partial charge on any atom is 0.264 e. The summed E-state index contributed by atoms with van der Waals surface area (Å²) in [5.74, 6) is -0.745. The fraction of sp³-hybridized carbons (Fsp3) is 0. The summed E-state index contributed by atoms with van der Waals surface area (Å²) < 4.78 is 26.2. The van der Waals surface area contributed by atoms with Crippen molar-refractivity contribution in [2.75, 3.05) is 0 Å². The van der Waals surface area contributed by atoms with E-state index in [1.807, 2.05) is 4.72 Å². The number of sulfonamides is 1. The fourth-order valence-corrected chi connectivity index (χ4v) is 2.29. The van der Waals surface area contributed by atoms with Gasteiger partial charge in [-0.3, -0.25) is 4.79 Å². The lowest BCUT2D eigenvalue weighted by Crippen LogP contribution is -2.28. The molecule has 0 atom stereocenters. The van der Waals surface area contributed by atoms with Crippen LogP contribution in [0.3, 0.4) is 0 Å². The van der Waals surface area contributed by atoms with Crippen LogP contribution in [0.15, 0.2) is 47.4 Å². The van der Waals surface area contributed by atoms with E-state index >= 15 is 0 Å². The SMILES string of the molecule is [CH]=CC=CC(=O)NS(=O)(=O)c1ccc(I)cc1. The second kappa shape index (κ2) is 5.97. The summed E-state index contributed by atoms with van der Waals surface area (Å²) in [5.41, 5.74) is 0. The number of carbonyl (C=O) groups excluding carboxylic acids is 1. The normalized spacial score (nSPS) is 11.4. The van der Waals surface area contributed by atoms with Crippen LogP contribution in [0.1, 0.15) is 0 Å². The number of allylic oxidation sites excluding steroid dienone is 2. The highest BCUT2D eigenvalue weighted by molar-refractivity contribution is 14.1. The maximum atomic E-state index is 11.7. The molecule has 0 aliphatic rings. The topological polar surface area (TPSA) is 63.2 Å². The minimum atomic E-state index is -3.82. The summed E-state index contributed by atoms with van der Waals surface area (Å²) in [5, 5.41) is 0. The molecule has 0 bridgehead atoms. The number of halogens is 1. The van der Waals surface area contributed by atoms with E-state index in [1.54, 1.807) is 12.1 Å². The van der Waals surface area contributed by atoms with E-state index in [1.165, 1.54) is 18.2 Å². The molecule has 0 aliphatic carbocycles. The monoisotopic (exact) mass is 362 g/mol. The molecule has 0 aromatic heterocycles. The minimum Gasteiger partial charge on any atom is -0.269 e. The van der Waals surface area contributed by atoms with Crippen molar-refractivity contribution < 1.29 is 13.2 Å². The molecule has 89 valence electrons. The van der Waals surface area contributed by atoms with Crippen LogP contribution < -0.4 is 4.72 Å². The van der Waals surface area contributed by atoms with Crippen molar-refractivity contribution in [3.05, 3.63) is 52.6 Å². The Labute approximate surface area is 114 Å². The van der Waals surface area contributed by atoms with Crippen LogP contribution >= 0.6 is 22.6 Å². The third-order valence-corrected chi connectivity index (χ3v) is 3.80. The van der Waals surface area contributed by atoms with Crippen molar-refractivity contribution >= 4 is 38.5 Å². The van der Waals surface area contributed by atoms with Crippen LogP contribution in [-0.2, 0) is 14.8 Å². The Morgan fingerprint density at radius 1 is 1.29 bits per heavy atom. The largest absolute Gasteiger partial charge is 0.269 e. The second-order valence-corrected chi connectivity index (χ2v) is 5.90. The number of hydrogen-bond donors (Lipinski definition) is 1. The van der Waals surface area contributed by atoms with Gasteiger partial charge in [-0.05, 0) is 46.9 Å².